The third-order valence-corrected chi connectivity index (χ3v) is 3.65. The number of thioether (sulfide) groups is 1. The fourth-order valence-corrected chi connectivity index (χ4v) is 2.61. The van der Waals surface area contributed by atoms with Crippen LogP contribution < -0.4 is 0 Å². The third-order valence-electron chi connectivity index (χ3n) is 2.36. The van der Waals surface area contributed by atoms with Crippen molar-refractivity contribution in [1.82, 2.24) is 0 Å². The summed E-state index contributed by atoms with van der Waals surface area (Å²) in [6.45, 7) is 2.12. The van der Waals surface area contributed by atoms with E-state index < -0.39 is 5.97 Å². The van der Waals surface area contributed by atoms with Crippen molar-refractivity contribution < 1.29 is 9.90 Å². The summed E-state index contributed by atoms with van der Waals surface area (Å²) in [5.74, 6) is 0.227. The lowest BCUT2D eigenvalue weighted by atomic mass is 10.1. The maximum Gasteiger partial charge on any atom is 0.316 e. The van der Waals surface area contributed by atoms with E-state index in [9.17, 15) is 4.79 Å². The first-order valence-electron chi connectivity index (χ1n) is 5.62. The minimum Gasteiger partial charge on any atom is -0.480 e. The van der Waals surface area contributed by atoms with E-state index in [1.165, 1.54) is 0 Å². The molecular formula is C13H18O2S. The minimum atomic E-state index is -0.704. The highest BCUT2D eigenvalue weighted by atomic mass is 32.2. The summed E-state index contributed by atoms with van der Waals surface area (Å²) in [5.41, 5.74) is 1.10. The zero-order valence-electron chi connectivity index (χ0n) is 9.56. The summed E-state index contributed by atoms with van der Waals surface area (Å²) < 4.78 is 0. The Kier molecular flexibility index (Phi) is 6.01. The first-order valence-corrected chi connectivity index (χ1v) is 6.67. The molecule has 0 aliphatic rings. The van der Waals surface area contributed by atoms with Crippen LogP contribution in [0.5, 0.6) is 0 Å². The average molecular weight is 238 g/mol. The molecular weight excluding hydrogens is 220 g/mol. The number of carbonyl (C=O) groups is 1. The quantitative estimate of drug-likeness (QED) is 0.741. The Hall–Kier alpha value is -0.960. The van der Waals surface area contributed by atoms with Gasteiger partial charge in [-0.25, -0.2) is 0 Å². The zero-order chi connectivity index (χ0) is 11.8. The standard InChI is InChI=1S/C13H18O2S/c1-2-3-9-16-12(13(14)15)10-11-7-5-4-6-8-11/h4-8,12H,2-3,9-10H2,1H3,(H,14,15). The fraction of sp³-hybridized carbons (Fsp3) is 0.462. The van der Waals surface area contributed by atoms with Gasteiger partial charge in [-0.05, 0) is 24.2 Å². The number of rotatable bonds is 7. The molecule has 0 aromatic heterocycles. The van der Waals surface area contributed by atoms with Gasteiger partial charge >= 0.3 is 5.97 Å². The number of unbranched alkanes of at least 4 members (excludes halogenated alkanes) is 1. The Morgan fingerprint density at radius 3 is 2.62 bits per heavy atom. The van der Waals surface area contributed by atoms with Gasteiger partial charge in [0.2, 0.25) is 0 Å². The minimum absolute atomic E-state index is 0.311. The van der Waals surface area contributed by atoms with E-state index >= 15 is 0 Å². The lowest BCUT2D eigenvalue weighted by Gasteiger charge is -2.11. The zero-order valence-corrected chi connectivity index (χ0v) is 10.4. The van der Waals surface area contributed by atoms with Crippen LogP contribution >= 0.6 is 11.8 Å². The number of hydrogen-bond donors (Lipinski definition) is 1. The third kappa shape index (κ3) is 4.71. The number of hydrogen-bond acceptors (Lipinski definition) is 2. The lowest BCUT2D eigenvalue weighted by molar-refractivity contribution is -0.136. The molecule has 0 fully saturated rings. The highest BCUT2D eigenvalue weighted by Gasteiger charge is 2.17. The van der Waals surface area contributed by atoms with Crippen LogP contribution in [0.2, 0.25) is 0 Å². The van der Waals surface area contributed by atoms with Gasteiger partial charge in [0.25, 0.3) is 0 Å². The normalized spacial score (nSPS) is 12.3. The van der Waals surface area contributed by atoms with Gasteiger partial charge in [-0.2, -0.15) is 0 Å². The van der Waals surface area contributed by atoms with Crippen molar-refractivity contribution in [3.63, 3.8) is 0 Å². The van der Waals surface area contributed by atoms with Crippen molar-refractivity contribution in [2.75, 3.05) is 5.75 Å². The monoisotopic (exact) mass is 238 g/mol. The summed E-state index contributed by atoms with van der Waals surface area (Å²) >= 11 is 1.55. The summed E-state index contributed by atoms with van der Waals surface area (Å²) in [6.07, 6.45) is 2.82. The molecule has 0 saturated heterocycles. The van der Waals surface area contributed by atoms with Crippen LogP contribution in [-0.4, -0.2) is 22.1 Å². The van der Waals surface area contributed by atoms with Gasteiger partial charge in [0, 0.05) is 0 Å². The van der Waals surface area contributed by atoms with Crippen LogP contribution in [0, 0.1) is 0 Å². The van der Waals surface area contributed by atoms with E-state index in [-0.39, 0.29) is 5.25 Å². The van der Waals surface area contributed by atoms with Crippen LogP contribution in [0.25, 0.3) is 0 Å². The molecule has 0 aliphatic heterocycles. The topological polar surface area (TPSA) is 37.3 Å². The molecule has 0 heterocycles. The van der Waals surface area contributed by atoms with E-state index in [0.29, 0.717) is 6.42 Å². The van der Waals surface area contributed by atoms with Gasteiger partial charge in [0.15, 0.2) is 0 Å². The van der Waals surface area contributed by atoms with Crippen LogP contribution in [-0.2, 0) is 11.2 Å². The molecule has 3 heteroatoms. The van der Waals surface area contributed by atoms with Gasteiger partial charge in [-0.1, -0.05) is 43.7 Å². The summed E-state index contributed by atoms with van der Waals surface area (Å²) in [7, 11) is 0. The van der Waals surface area contributed by atoms with Crippen molar-refractivity contribution in [3.05, 3.63) is 35.9 Å². The molecule has 1 rings (SSSR count). The van der Waals surface area contributed by atoms with Crippen molar-refractivity contribution in [1.29, 1.82) is 0 Å². The number of benzene rings is 1. The first-order chi connectivity index (χ1) is 7.74. The molecule has 0 amide bonds. The fourth-order valence-electron chi connectivity index (χ4n) is 1.42. The summed E-state index contributed by atoms with van der Waals surface area (Å²) in [4.78, 5) is 11.1. The van der Waals surface area contributed by atoms with Gasteiger partial charge in [-0.3, -0.25) is 4.79 Å². The van der Waals surface area contributed by atoms with Gasteiger partial charge in [0.05, 0.1) is 0 Å². The van der Waals surface area contributed by atoms with E-state index in [1.807, 2.05) is 30.3 Å². The molecule has 1 aromatic rings. The molecule has 0 bridgehead atoms. The highest BCUT2D eigenvalue weighted by molar-refractivity contribution is 8.00. The van der Waals surface area contributed by atoms with E-state index in [1.54, 1.807) is 11.8 Å². The molecule has 0 radical (unpaired) electrons. The Balaban J connectivity index is 2.48. The van der Waals surface area contributed by atoms with Crippen molar-refractivity contribution in [2.45, 2.75) is 31.4 Å². The first kappa shape index (κ1) is 13.1. The van der Waals surface area contributed by atoms with Crippen LogP contribution in [0.15, 0.2) is 30.3 Å². The molecule has 1 atom stereocenters. The lowest BCUT2D eigenvalue weighted by Crippen LogP contribution is -2.19. The van der Waals surface area contributed by atoms with Gasteiger partial charge in [0.1, 0.15) is 5.25 Å². The van der Waals surface area contributed by atoms with Crippen LogP contribution in [0.1, 0.15) is 25.3 Å². The van der Waals surface area contributed by atoms with Crippen LogP contribution in [0.3, 0.4) is 0 Å². The van der Waals surface area contributed by atoms with E-state index in [0.717, 1.165) is 24.2 Å². The predicted molar refractivity (Wildman–Crippen MR) is 68.9 cm³/mol. The summed E-state index contributed by atoms with van der Waals surface area (Å²) in [6, 6.07) is 9.81. The SMILES string of the molecule is CCCCSC(Cc1ccccc1)C(=O)O. The van der Waals surface area contributed by atoms with Crippen molar-refractivity contribution in [2.24, 2.45) is 0 Å². The van der Waals surface area contributed by atoms with E-state index in [2.05, 4.69) is 6.92 Å². The van der Waals surface area contributed by atoms with Crippen LogP contribution in [0.4, 0.5) is 0 Å². The molecule has 1 unspecified atom stereocenters. The molecule has 88 valence electrons. The molecule has 1 aromatic carbocycles. The summed E-state index contributed by atoms with van der Waals surface area (Å²) in [5, 5.41) is 8.80. The van der Waals surface area contributed by atoms with Crippen molar-refractivity contribution in [3.8, 4) is 0 Å². The second-order valence-corrected chi connectivity index (χ2v) is 5.05. The predicted octanol–water partition coefficient (Wildman–Crippen LogP) is 3.22. The highest BCUT2D eigenvalue weighted by Crippen LogP contribution is 2.18. The Labute approximate surface area is 101 Å². The average Bonchev–Trinajstić information content (AvgIpc) is 2.29. The number of aliphatic carboxylic acids is 1. The second kappa shape index (κ2) is 7.34. The van der Waals surface area contributed by atoms with Crippen molar-refractivity contribution >= 4 is 17.7 Å². The molecule has 0 spiro atoms. The maximum atomic E-state index is 11.1. The maximum absolute atomic E-state index is 11.1. The molecule has 2 nitrogen and oxygen atoms in total. The Bertz CT molecular complexity index is 311. The van der Waals surface area contributed by atoms with Gasteiger partial charge < -0.3 is 5.11 Å². The second-order valence-electron chi connectivity index (χ2n) is 3.74. The Morgan fingerprint density at radius 2 is 2.06 bits per heavy atom. The number of carboxylic acid groups (broad SMARTS) is 1. The molecule has 16 heavy (non-hydrogen) atoms. The molecule has 0 saturated carbocycles. The molecule has 1 N–H and O–H groups in total. The van der Waals surface area contributed by atoms with Gasteiger partial charge in [-0.15, -0.1) is 11.8 Å². The smallest absolute Gasteiger partial charge is 0.316 e. The molecule has 0 aliphatic carbocycles. The van der Waals surface area contributed by atoms with E-state index in [4.69, 9.17) is 5.11 Å². The largest absolute Gasteiger partial charge is 0.480 e. The number of carboxylic acids is 1. The Morgan fingerprint density at radius 1 is 1.38 bits per heavy atom.